The van der Waals surface area contributed by atoms with E-state index in [4.69, 9.17) is 4.42 Å². The Labute approximate surface area is 139 Å². The van der Waals surface area contributed by atoms with Gasteiger partial charge in [-0.1, -0.05) is 0 Å². The van der Waals surface area contributed by atoms with Crippen LogP contribution < -0.4 is 10.6 Å². The number of nitrogens with one attached hydrogen (secondary N) is 2. The fraction of sp³-hybridized carbons (Fsp3) is 0.250. The number of aryl methyl sites for hydroxylation is 2. The molecular weight excluding hydrogens is 308 g/mol. The van der Waals surface area contributed by atoms with Crippen molar-refractivity contribution in [3.05, 3.63) is 54.3 Å². The third-order valence-electron chi connectivity index (χ3n) is 3.36. The van der Waals surface area contributed by atoms with Crippen LogP contribution in [-0.2, 0) is 0 Å². The van der Waals surface area contributed by atoms with Crippen LogP contribution in [0.2, 0.25) is 0 Å². The van der Waals surface area contributed by atoms with Crippen LogP contribution in [0.3, 0.4) is 0 Å². The van der Waals surface area contributed by atoms with Crippen LogP contribution >= 0.6 is 0 Å². The van der Waals surface area contributed by atoms with Crippen molar-refractivity contribution in [3.8, 4) is 5.82 Å². The smallest absolute Gasteiger partial charge is 0.287 e. The topological polar surface area (TPSA) is 97.9 Å². The molecule has 3 rings (SSSR count). The highest BCUT2D eigenvalue weighted by Crippen LogP contribution is 2.12. The minimum Gasteiger partial charge on any atom is -0.459 e. The fourth-order valence-corrected chi connectivity index (χ4v) is 2.25. The molecule has 0 aliphatic carbocycles. The number of carbonyl (C=O) groups excluding carboxylic acids is 1. The van der Waals surface area contributed by atoms with Crippen molar-refractivity contribution in [2.75, 3.05) is 18.4 Å². The van der Waals surface area contributed by atoms with E-state index in [0.717, 1.165) is 11.6 Å². The van der Waals surface area contributed by atoms with Crippen molar-refractivity contribution in [1.82, 2.24) is 24.8 Å². The number of imidazole rings is 1. The second-order valence-electron chi connectivity index (χ2n) is 5.16. The summed E-state index contributed by atoms with van der Waals surface area (Å²) < 4.78 is 6.92. The zero-order valence-corrected chi connectivity index (χ0v) is 13.5. The van der Waals surface area contributed by atoms with Crippen LogP contribution in [0.15, 0.2) is 41.3 Å². The summed E-state index contributed by atoms with van der Waals surface area (Å²) in [6, 6.07) is 5.14. The first-order valence-corrected chi connectivity index (χ1v) is 7.55. The van der Waals surface area contributed by atoms with Crippen molar-refractivity contribution >= 4 is 11.7 Å². The highest BCUT2D eigenvalue weighted by atomic mass is 16.3. The van der Waals surface area contributed by atoms with Gasteiger partial charge in [0.2, 0.25) is 0 Å². The zero-order chi connectivity index (χ0) is 16.9. The molecule has 3 aromatic heterocycles. The maximum atomic E-state index is 11.7. The minimum atomic E-state index is -0.240. The number of carbonyl (C=O) groups is 1. The van der Waals surface area contributed by atoms with E-state index in [1.807, 2.05) is 30.7 Å². The number of rotatable bonds is 6. The van der Waals surface area contributed by atoms with E-state index >= 15 is 0 Å². The van der Waals surface area contributed by atoms with Crippen LogP contribution in [-0.4, -0.2) is 38.5 Å². The van der Waals surface area contributed by atoms with Gasteiger partial charge in [0.05, 0.1) is 6.26 Å². The van der Waals surface area contributed by atoms with Gasteiger partial charge in [0.25, 0.3) is 5.91 Å². The van der Waals surface area contributed by atoms with Gasteiger partial charge in [-0.25, -0.2) is 15.0 Å². The predicted molar refractivity (Wildman–Crippen MR) is 88.2 cm³/mol. The maximum absolute atomic E-state index is 11.7. The minimum absolute atomic E-state index is 0.240. The van der Waals surface area contributed by atoms with Gasteiger partial charge in [0.1, 0.15) is 23.3 Å². The molecule has 124 valence electrons. The lowest BCUT2D eigenvalue weighted by molar-refractivity contribution is 0.0927. The van der Waals surface area contributed by atoms with Gasteiger partial charge < -0.3 is 15.1 Å². The normalized spacial score (nSPS) is 10.6. The van der Waals surface area contributed by atoms with Crippen LogP contribution in [0.5, 0.6) is 0 Å². The highest BCUT2D eigenvalue weighted by Gasteiger charge is 2.08. The Morgan fingerprint density at radius 2 is 2.17 bits per heavy atom. The van der Waals surface area contributed by atoms with Crippen LogP contribution in [0, 0.1) is 13.8 Å². The molecule has 3 aromatic rings. The van der Waals surface area contributed by atoms with Crippen molar-refractivity contribution in [1.29, 1.82) is 0 Å². The van der Waals surface area contributed by atoms with Gasteiger partial charge in [-0.15, -0.1) is 0 Å². The molecule has 24 heavy (non-hydrogen) atoms. The summed E-state index contributed by atoms with van der Waals surface area (Å²) in [6.45, 7) is 4.72. The lowest BCUT2D eigenvalue weighted by atomic mass is 10.4. The molecule has 0 unspecified atom stereocenters. The van der Waals surface area contributed by atoms with E-state index in [1.54, 1.807) is 18.3 Å². The number of hydrogen-bond acceptors (Lipinski definition) is 6. The number of amides is 1. The van der Waals surface area contributed by atoms with Gasteiger partial charge in [-0.05, 0) is 26.0 Å². The van der Waals surface area contributed by atoms with Crippen molar-refractivity contribution < 1.29 is 9.21 Å². The number of furan rings is 1. The molecule has 8 nitrogen and oxygen atoms in total. The lowest BCUT2D eigenvalue weighted by Gasteiger charge is -2.10. The molecule has 0 aliphatic heterocycles. The molecule has 2 N–H and O–H groups in total. The molecular formula is C16H18N6O2. The first kappa shape index (κ1) is 15.7. The van der Waals surface area contributed by atoms with E-state index in [9.17, 15) is 4.79 Å². The van der Waals surface area contributed by atoms with Crippen LogP contribution in [0.1, 0.15) is 22.2 Å². The highest BCUT2D eigenvalue weighted by molar-refractivity contribution is 5.91. The number of nitrogens with zero attached hydrogens (tertiary/aromatic N) is 4. The third-order valence-corrected chi connectivity index (χ3v) is 3.36. The van der Waals surface area contributed by atoms with Crippen LogP contribution in [0.4, 0.5) is 5.82 Å². The third kappa shape index (κ3) is 3.60. The van der Waals surface area contributed by atoms with Gasteiger partial charge in [-0.2, -0.15) is 0 Å². The van der Waals surface area contributed by atoms with E-state index < -0.39 is 0 Å². The Kier molecular flexibility index (Phi) is 4.55. The van der Waals surface area contributed by atoms with Gasteiger partial charge in [-0.3, -0.25) is 9.36 Å². The summed E-state index contributed by atoms with van der Waals surface area (Å²) in [6.07, 6.45) is 5.05. The standard InChI is InChI=1S/C16H18N6O2/c1-11-20-14(10-15(21-11)22-8-7-17-12(22)2)18-5-6-19-16(23)13-4-3-9-24-13/h3-4,7-10H,5-6H2,1-2H3,(H,19,23)(H,18,20,21). The summed E-state index contributed by atoms with van der Waals surface area (Å²) in [5, 5.41) is 5.95. The quantitative estimate of drug-likeness (QED) is 0.669. The monoisotopic (exact) mass is 326 g/mol. The summed E-state index contributed by atoms with van der Waals surface area (Å²) in [5.41, 5.74) is 0. The molecule has 0 spiro atoms. The average molecular weight is 326 g/mol. The van der Waals surface area contributed by atoms with Gasteiger partial charge >= 0.3 is 0 Å². The van der Waals surface area contributed by atoms with Gasteiger partial charge in [0, 0.05) is 31.5 Å². The summed E-state index contributed by atoms with van der Waals surface area (Å²) >= 11 is 0. The summed E-state index contributed by atoms with van der Waals surface area (Å²) in [7, 11) is 0. The molecule has 0 radical (unpaired) electrons. The second kappa shape index (κ2) is 6.95. The van der Waals surface area contributed by atoms with E-state index in [-0.39, 0.29) is 5.91 Å². The average Bonchev–Trinajstić information content (AvgIpc) is 3.22. The first-order chi connectivity index (χ1) is 11.6. The first-order valence-electron chi connectivity index (χ1n) is 7.55. The van der Waals surface area contributed by atoms with E-state index in [0.29, 0.717) is 30.5 Å². The van der Waals surface area contributed by atoms with Crippen LogP contribution in [0.25, 0.3) is 5.82 Å². The molecule has 3 heterocycles. The molecule has 8 heteroatoms. The number of hydrogen-bond donors (Lipinski definition) is 2. The molecule has 0 saturated carbocycles. The number of anilines is 1. The SMILES string of the molecule is Cc1nc(NCCNC(=O)c2ccco2)cc(-n2ccnc2C)n1. The molecule has 0 saturated heterocycles. The van der Waals surface area contributed by atoms with E-state index in [1.165, 1.54) is 6.26 Å². The predicted octanol–water partition coefficient (Wildman–Crippen LogP) is 1.71. The summed E-state index contributed by atoms with van der Waals surface area (Å²) in [4.78, 5) is 24.7. The second-order valence-corrected chi connectivity index (χ2v) is 5.16. The zero-order valence-electron chi connectivity index (χ0n) is 13.5. The molecule has 0 bridgehead atoms. The maximum Gasteiger partial charge on any atom is 0.287 e. The molecule has 1 amide bonds. The van der Waals surface area contributed by atoms with Crippen molar-refractivity contribution in [2.45, 2.75) is 13.8 Å². The molecule has 0 aromatic carbocycles. The number of aromatic nitrogens is 4. The van der Waals surface area contributed by atoms with E-state index in [2.05, 4.69) is 25.6 Å². The largest absolute Gasteiger partial charge is 0.459 e. The molecule has 0 atom stereocenters. The molecule has 0 aliphatic rings. The molecule has 0 fully saturated rings. The van der Waals surface area contributed by atoms with Crippen molar-refractivity contribution in [2.24, 2.45) is 0 Å². The summed E-state index contributed by atoms with van der Waals surface area (Å²) in [5.74, 6) is 3.01. The Morgan fingerprint density at radius 1 is 1.29 bits per heavy atom. The van der Waals surface area contributed by atoms with Crippen molar-refractivity contribution in [3.63, 3.8) is 0 Å². The fourth-order valence-electron chi connectivity index (χ4n) is 2.25. The Balaban J connectivity index is 1.58. The van der Waals surface area contributed by atoms with Gasteiger partial charge in [0.15, 0.2) is 5.76 Å². The Morgan fingerprint density at radius 3 is 2.88 bits per heavy atom. The Bertz CT molecular complexity index is 825. The lowest BCUT2D eigenvalue weighted by Crippen LogP contribution is -2.28. The Hall–Kier alpha value is -3.16.